The third kappa shape index (κ3) is 3.33. The summed E-state index contributed by atoms with van der Waals surface area (Å²) in [6, 6.07) is 4.61. The van der Waals surface area contributed by atoms with Gasteiger partial charge in [-0.1, -0.05) is 0 Å². The van der Waals surface area contributed by atoms with Crippen LogP contribution in [0.2, 0.25) is 0 Å². The van der Waals surface area contributed by atoms with Crippen molar-refractivity contribution < 1.29 is 17.9 Å². The summed E-state index contributed by atoms with van der Waals surface area (Å²) in [6.45, 7) is 7.22. The second kappa shape index (κ2) is 4.62. The van der Waals surface area contributed by atoms with Crippen molar-refractivity contribution >= 4 is 5.69 Å². The van der Waals surface area contributed by atoms with E-state index in [1.807, 2.05) is 0 Å². The van der Waals surface area contributed by atoms with Gasteiger partial charge in [-0.15, -0.1) is 13.2 Å². The first kappa shape index (κ1) is 14.0. The minimum Gasteiger partial charge on any atom is -0.406 e. The Balaban J connectivity index is 2.31. The zero-order valence-corrected chi connectivity index (χ0v) is 11.3. The van der Waals surface area contributed by atoms with Crippen LogP contribution in [0.25, 0.3) is 0 Å². The van der Waals surface area contributed by atoms with E-state index < -0.39 is 6.36 Å². The minimum absolute atomic E-state index is 0.0401. The predicted molar refractivity (Wildman–Crippen MR) is 68.5 cm³/mol. The number of benzene rings is 1. The largest absolute Gasteiger partial charge is 0.573 e. The lowest BCUT2D eigenvalue weighted by atomic mass is 9.95. The van der Waals surface area contributed by atoms with Gasteiger partial charge in [0.15, 0.2) is 0 Å². The monoisotopic (exact) mass is 273 g/mol. The molecule has 0 atom stereocenters. The predicted octanol–water partition coefficient (Wildman–Crippen LogP) is 4.14. The Morgan fingerprint density at radius 1 is 1.16 bits per heavy atom. The molecular formula is C14H18F3NO. The molecule has 1 aromatic rings. The Morgan fingerprint density at radius 2 is 1.84 bits per heavy atom. The Bertz CT molecular complexity index is 463. The summed E-state index contributed by atoms with van der Waals surface area (Å²) in [5, 5.41) is 0. The quantitative estimate of drug-likeness (QED) is 0.762. The molecule has 19 heavy (non-hydrogen) atoms. The summed E-state index contributed by atoms with van der Waals surface area (Å²) in [4.78, 5) is 2.23. The Morgan fingerprint density at radius 3 is 2.42 bits per heavy atom. The summed E-state index contributed by atoms with van der Waals surface area (Å²) < 4.78 is 40.6. The highest BCUT2D eigenvalue weighted by Gasteiger charge is 2.32. The third-order valence-corrected chi connectivity index (χ3v) is 3.21. The average molecular weight is 273 g/mol. The standard InChI is InChI=1S/C14H18F3NO/c1-13(2,3)18-8-4-5-10-9-11(6-7-12(10)18)19-14(15,16)17/h6-7,9H,4-5,8H2,1-3H3. The molecule has 2 nitrogen and oxygen atoms in total. The van der Waals surface area contributed by atoms with Gasteiger partial charge in [-0.05, 0) is 57.4 Å². The molecule has 1 aliphatic heterocycles. The highest BCUT2D eigenvalue weighted by molar-refractivity contribution is 5.59. The van der Waals surface area contributed by atoms with E-state index in [2.05, 4.69) is 30.4 Å². The number of fused-ring (bicyclic) bond motifs is 1. The van der Waals surface area contributed by atoms with E-state index in [-0.39, 0.29) is 11.3 Å². The lowest BCUT2D eigenvalue weighted by molar-refractivity contribution is -0.274. The molecule has 1 aliphatic rings. The van der Waals surface area contributed by atoms with Crippen LogP contribution >= 0.6 is 0 Å². The fourth-order valence-corrected chi connectivity index (χ4v) is 2.47. The van der Waals surface area contributed by atoms with Gasteiger partial charge >= 0.3 is 6.36 Å². The van der Waals surface area contributed by atoms with Crippen LogP contribution in [-0.4, -0.2) is 18.4 Å². The SMILES string of the molecule is CC(C)(C)N1CCCc2cc(OC(F)(F)F)ccc21. The van der Waals surface area contributed by atoms with Crippen molar-refractivity contribution in [1.82, 2.24) is 0 Å². The highest BCUT2D eigenvalue weighted by atomic mass is 19.4. The number of aryl methyl sites for hydroxylation is 1. The van der Waals surface area contributed by atoms with Gasteiger partial charge in [0.25, 0.3) is 0 Å². The average Bonchev–Trinajstić information content (AvgIpc) is 2.24. The lowest BCUT2D eigenvalue weighted by Crippen LogP contribution is -2.44. The molecule has 0 N–H and O–H groups in total. The van der Waals surface area contributed by atoms with E-state index in [0.717, 1.165) is 30.6 Å². The van der Waals surface area contributed by atoms with Crippen LogP contribution in [0, 0.1) is 0 Å². The van der Waals surface area contributed by atoms with E-state index in [1.54, 1.807) is 6.07 Å². The molecule has 0 unspecified atom stereocenters. The zero-order chi connectivity index (χ0) is 14.3. The number of hydrogen-bond donors (Lipinski definition) is 0. The van der Waals surface area contributed by atoms with Crippen LogP contribution in [0.5, 0.6) is 5.75 Å². The van der Waals surface area contributed by atoms with Crippen LogP contribution in [-0.2, 0) is 6.42 Å². The van der Waals surface area contributed by atoms with Crippen LogP contribution in [0.15, 0.2) is 18.2 Å². The van der Waals surface area contributed by atoms with Gasteiger partial charge in [-0.2, -0.15) is 0 Å². The van der Waals surface area contributed by atoms with Crippen LogP contribution in [0.4, 0.5) is 18.9 Å². The topological polar surface area (TPSA) is 12.5 Å². The number of ether oxygens (including phenoxy) is 1. The van der Waals surface area contributed by atoms with E-state index in [9.17, 15) is 13.2 Å². The van der Waals surface area contributed by atoms with Gasteiger partial charge in [0.2, 0.25) is 0 Å². The molecule has 0 fully saturated rings. The second-order valence-corrected chi connectivity index (χ2v) is 5.76. The smallest absolute Gasteiger partial charge is 0.406 e. The maximum absolute atomic E-state index is 12.2. The summed E-state index contributed by atoms with van der Waals surface area (Å²) >= 11 is 0. The molecule has 0 saturated carbocycles. The molecule has 106 valence electrons. The molecule has 0 aliphatic carbocycles. The van der Waals surface area contributed by atoms with Crippen molar-refractivity contribution in [2.75, 3.05) is 11.4 Å². The van der Waals surface area contributed by atoms with Crippen molar-refractivity contribution in [1.29, 1.82) is 0 Å². The first-order chi connectivity index (χ1) is 8.67. The normalized spacial score (nSPS) is 16.2. The summed E-state index contributed by atoms with van der Waals surface area (Å²) in [7, 11) is 0. The lowest BCUT2D eigenvalue weighted by Gasteiger charge is -2.41. The number of anilines is 1. The molecule has 0 saturated heterocycles. The summed E-state index contributed by atoms with van der Waals surface area (Å²) in [5.41, 5.74) is 1.89. The first-order valence-electron chi connectivity index (χ1n) is 6.33. The van der Waals surface area contributed by atoms with Crippen LogP contribution in [0.1, 0.15) is 32.8 Å². The van der Waals surface area contributed by atoms with Crippen molar-refractivity contribution in [3.05, 3.63) is 23.8 Å². The van der Waals surface area contributed by atoms with Crippen molar-refractivity contribution in [3.63, 3.8) is 0 Å². The van der Waals surface area contributed by atoms with Crippen molar-refractivity contribution in [2.24, 2.45) is 0 Å². The number of rotatable bonds is 1. The molecule has 0 spiro atoms. The van der Waals surface area contributed by atoms with E-state index in [0.29, 0.717) is 0 Å². The molecule has 0 aromatic heterocycles. The van der Waals surface area contributed by atoms with E-state index in [1.165, 1.54) is 12.1 Å². The van der Waals surface area contributed by atoms with E-state index in [4.69, 9.17) is 0 Å². The van der Waals surface area contributed by atoms with Gasteiger partial charge in [-0.3, -0.25) is 0 Å². The Kier molecular flexibility index (Phi) is 3.41. The Labute approximate surface area is 111 Å². The number of hydrogen-bond acceptors (Lipinski definition) is 2. The van der Waals surface area contributed by atoms with Gasteiger partial charge in [0, 0.05) is 17.8 Å². The summed E-state index contributed by atoms with van der Waals surface area (Å²) in [5.74, 6) is -0.137. The van der Waals surface area contributed by atoms with Gasteiger partial charge in [0.05, 0.1) is 0 Å². The minimum atomic E-state index is -4.63. The molecule has 5 heteroatoms. The zero-order valence-electron chi connectivity index (χ0n) is 11.3. The molecule has 1 heterocycles. The number of halogens is 3. The van der Waals surface area contributed by atoms with Gasteiger partial charge in [-0.25, -0.2) is 0 Å². The third-order valence-electron chi connectivity index (χ3n) is 3.21. The molecule has 2 rings (SSSR count). The number of alkyl halides is 3. The maximum atomic E-state index is 12.2. The molecule has 0 amide bonds. The van der Waals surface area contributed by atoms with Gasteiger partial charge < -0.3 is 9.64 Å². The van der Waals surface area contributed by atoms with Gasteiger partial charge in [0.1, 0.15) is 5.75 Å². The number of nitrogens with zero attached hydrogens (tertiary/aromatic N) is 1. The van der Waals surface area contributed by atoms with Crippen LogP contribution < -0.4 is 9.64 Å². The fourth-order valence-electron chi connectivity index (χ4n) is 2.47. The Hall–Kier alpha value is -1.39. The molecular weight excluding hydrogens is 255 g/mol. The van der Waals surface area contributed by atoms with Crippen LogP contribution in [0.3, 0.4) is 0 Å². The van der Waals surface area contributed by atoms with E-state index >= 15 is 0 Å². The maximum Gasteiger partial charge on any atom is 0.573 e. The summed E-state index contributed by atoms with van der Waals surface area (Å²) in [6.07, 6.45) is -2.90. The second-order valence-electron chi connectivity index (χ2n) is 5.76. The van der Waals surface area contributed by atoms with Crippen molar-refractivity contribution in [2.45, 2.75) is 45.5 Å². The highest BCUT2D eigenvalue weighted by Crippen LogP contribution is 2.35. The molecule has 0 radical (unpaired) electrons. The fraction of sp³-hybridized carbons (Fsp3) is 0.571. The molecule has 1 aromatic carbocycles. The van der Waals surface area contributed by atoms with Crippen molar-refractivity contribution in [3.8, 4) is 5.75 Å². The molecule has 0 bridgehead atoms. The first-order valence-corrected chi connectivity index (χ1v) is 6.33.